The van der Waals surface area contributed by atoms with Crippen molar-refractivity contribution < 1.29 is 17.9 Å². The fourth-order valence-corrected chi connectivity index (χ4v) is 4.31. The normalized spacial score (nSPS) is 18.4. The van der Waals surface area contributed by atoms with Crippen LogP contribution in [0.3, 0.4) is 0 Å². The van der Waals surface area contributed by atoms with Gasteiger partial charge in [0.1, 0.15) is 0 Å². The maximum atomic E-state index is 12.7. The number of hydrogen-bond acceptors (Lipinski definition) is 4. The molecule has 0 spiro atoms. The Bertz CT molecular complexity index is 851. The first kappa shape index (κ1) is 18.6. The molecule has 1 saturated heterocycles. The molecule has 0 aliphatic carbocycles. The quantitative estimate of drug-likeness (QED) is 0.869. The molecule has 3 rings (SSSR count). The van der Waals surface area contributed by atoms with Crippen molar-refractivity contribution in [3.63, 3.8) is 0 Å². The van der Waals surface area contributed by atoms with Gasteiger partial charge in [-0.25, -0.2) is 8.42 Å². The number of sulfonamides is 1. The average molecular weight is 374 g/mol. The van der Waals surface area contributed by atoms with E-state index in [9.17, 15) is 13.2 Å². The molecule has 0 radical (unpaired) electrons. The first-order valence-electron chi connectivity index (χ1n) is 8.51. The van der Waals surface area contributed by atoms with Gasteiger partial charge >= 0.3 is 0 Å². The summed E-state index contributed by atoms with van der Waals surface area (Å²) in [5, 5.41) is 2.83. The highest BCUT2D eigenvalue weighted by Gasteiger charge is 2.29. The van der Waals surface area contributed by atoms with E-state index in [4.69, 9.17) is 4.74 Å². The average Bonchev–Trinajstić information content (AvgIpc) is 2.67. The number of nitrogens with one attached hydrogen (secondary N) is 1. The second-order valence-corrected chi connectivity index (χ2v) is 8.18. The van der Waals surface area contributed by atoms with Gasteiger partial charge in [0, 0.05) is 25.2 Å². The van der Waals surface area contributed by atoms with Gasteiger partial charge in [-0.3, -0.25) is 4.79 Å². The van der Waals surface area contributed by atoms with Crippen LogP contribution in [0.1, 0.15) is 22.8 Å². The van der Waals surface area contributed by atoms with Gasteiger partial charge in [-0.05, 0) is 36.8 Å². The van der Waals surface area contributed by atoms with E-state index in [1.54, 1.807) is 0 Å². The van der Waals surface area contributed by atoms with Crippen LogP contribution < -0.4 is 5.32 Å². The second-order valence-electron chi connectivity index (χ2n) is 6.24. The minimum atomic E-state index is -3.57. The van der Waals surface area contributed by atoms with Crippen molar-refractivity contribution in [3.8, 4) is 0 Å². The molecule has 2 aromatic carbocycles. The number of rotatable bonds is 5. The van der Waals surface area contributed by atoms with Crippen LogP contribution in [0.5, 0.6) is 0 Å². The van der Waals surface area contributed by atoms with Gasteiger partial charge in [0.25, 0.3) is 5.91 Å². The lowest BCUT2D eigenvalue weighted by atomic mass is 10.2. The molecular weight excluding hydrogens is 352 g/mol. The zero-order valence-corrected chi connectivity index (χ0v) is 15.4. The monoisotopic (exact) mass is 374 g/mol. The Kier molecular flexibility index (Phi) is 5.70. The largest absolute Gasteiger partial charge is 0.376 e. The standard InChI is InChI=1S/C19H22N2O4S/c1-15-14-21(11-12-25-15)26(23,24)18-9-7-17(8-10-18)19(22)20-13-16-5-3-2-4-6-16/h2-10,15H,11-14H2,1H3,(H,20,22). The van der Waals surface area contributed by atoms with Gasteiger partial charge in [0.2, 0.25) is 10.0 Å². The molecule has 1 atom stereocenters. The molecule has 0 aromatic heterocycles. The molecule has 1 amide bonds. The highest BCUT2D eigenvalue weighted by molar-refractivity contribution is 7.89. The number of carbonyl (C=O) groups excluding carboxylic acids is 1. The summed E-state index contributed by atoms with van der Waals surface area (Å²) >= 11 is 0. The SMILES string of the molecule is CC1CN(S(=O)(=O)c2ccc(C(=O)NCc3ccccc3)cc2)CCO1. The molecule has 1 fully saturated rings. The zero-order valence-electron chi connectivity index (χ0n) is 14.6. The minimum absolute atomic E-state index is 0.124. The van der Waals surface area contributed by atoms with Crippen LogP contribution in [0.2, 0.25) is 0 Å². The number of carbonyl (C=O) groups is 1. The number of ether oxygens (including phenoxy) is 1. The number of nitrogens with zero attached hydrogens (tertiary/aromatic N) is 1. The Morgan fingerprint density at radius 3 is 2.50 bits per heavy atom. The first-order valence-corrected chi connectivity index (χ1v) is 9.95. The highest BCUT2D eigenvalue weighted by atomic mass is 32.2. The number of hydrogen-bond donors (Lipinski definition) is 1. The Labute approximate surface area is 153 Å². The van der Waals surface area contributed by atoms with Gasteiger partial charge in [0.05, 0.1) is 17.6 Å². The van der Waals surface area contributed by atoms with Crippen LogP contribution in [0.25, 0.3) is 0 Å². The van der Waals surface area contributed by atoms with Crippen molar-refractivity contribution in [2.45, 2.75) is 24.5 Å². The van der Waals surface area contributed by atoms with Crippen LogP contribution in [0, 0.1) is 0 Å². The summed E-state index contributed by atoms with van der Waals surface area (Å²) in [6, 6.07) is 15.6. The molecule has 0 saturated carbocycles. The molecule has 0 bridgehead atoms. The van der Waals surface area contributed by atoms with Crippen molar-refractivity contribution in [1.82, 2.24) is 9.62 Å². The molecule has 1 aliphatic rings. The van der Waals surface area contributed by atoms with Crippen LogP contribution in [0.4, 0.5) is 0 Å². The predicted molar refractivity (Wildman–Crippen MR) is 98.2 cm³/mol. The summed E-state index contributed by atoms with van der Waals surface area (Å²) in [5.74, 6) is -0.238. The Morgan fingerprint density at radius 1 is 1.15 bits per heavy atom. The zero-order chi connectivity index (χ0) is 18.6. The number of amides is 1. The van der Waals surface area contributed by atoms with E-state index in [0.29, 0.717) is 31.8 Å². The number of morpholine rings is 1. The van der Waals surface area contributed by atoms with E-state index < -0.39 is 10.0 Å². The summed E-state index contributed by atoms with van der Waals surface area (Å²) in [7, 11) is -3.57. The van der Waals surface area contributed by atoms with E-state index in [0.717, 1.165) is 5.56 Å². The molecule has 26 heavy (non-hydrogen) atoms. The topological polar surface area (TPSA) is 75.7 Å². The Hall–Kier alpha value is -2.22. The van der Waals surface area contributed by atoms with Gasteiger partial charge in [-0.2, -0.15) is 4.31 Å². The van der Waals surface area contributed by atoms with Crippen LogP contribution in [-0.4, -0.2) is 44.4 Å². The van der Waals surface area contributed by atoms with Crippen molar-refractivity contribution >= 4 is 15.9 Å². The molecule has 1 aliphatic heterocycles. The van der Waals surface area contributed by atoms with Gasteiger partial charge in [-0.15, -0.1) is 0 Å². The van der Waals surface area contributed by atoms with Gasteiger partial charge < -0.3 is 10.1 Å². The lowest BCUT2D eigenvalue weighted by Gasteiger charge is -2.30. The molecule has 7 heteroatoms. The molecular formula is C19H22N2O4S. The third-order valence-corrected chi connectivity index (χ3v) is 6.13. The molecule has 1 unspecified atom stereocenters. The third kappa shape index (κ3) is 4.30. The molecule has 1 N–H and O–H groups in total. The van der Waals surface area contributed by atoms with E-state index in [2.05, 4.69) is 5.32 Å². The fraction of sp³-hybridized carbons (Fsp3) is 0.316. The van der Waals surface area contributed by atoms with Crippen molar-refractivity contribution in [1.29, 1.82) is 0 Å². The summed E-state index contributed by atoms with van der Waals surface area (Å²) < 4.78 is 32.2. The van der Waals surface area contributed by atoms with Gasteiger partial charge in [-0.1, -0.05) is 30.3 Å². The lowest BCUT2D eigenvalue weighted by molar-refractivity contribution is 0.0102. The Morgan fingerprint density at radius 2 is 1.85 bits per heavy atom. The maximum Gasteiger partial charge on any atom is 0.251 e. The highest BCUT2D eigenvalue weighted by Crippen LogP contribution is 2.19. The smallest absolute Gasteiger partial charge is 0.251 e. The van der Waals surface area contributed by atoms with Crippen molar-refractivity contribution in [3.05, 3.63) is 65.7 Å². The fourth-order valence-electron chi connectivity index (χ4n) is 2.81. The second kappa shape index (κ2) is 7.99. The summed E-state index contributed by atoms with van der Waals surface area (Å²) in [6.45, 7) is 3.33. The first-order chi connectivity index (χ1) is 12.5. The van der Waals surface area contributed by atoms with Crippen molar-refractivity contribution in [2.24, 2.45) is 0 Å². The van der Waals surface area contributed by atoms with Crippen LogP contribution >= 0.6 is 0 Å². The van der Waals surface area contributed by atoms with Crippen molar-refractivity contribution in [2.75, 3.05) is 19.7 Å². The summed E-state index contributed by atoms with van der Waals surface area (Å²) in [4.78, 5) is 12.4. The Balaban J connectivity index is 1.66. The summed E-state index contributed by atoms with van der Waals surface area (Å²) in [6.07, 6.45) is -0.124. The number of benzene rings is 2. The van der Waals surface area contributed by atoms with E-state index in [-0.39, 0.29) is 16.9 Å². The third-order valence-electron chi connectivity index (χ3n) is 4.25. The van der Waals surface area contributed by atoms with Crippen LogP contribution in [-0.2, 0) is 21.3 Å². The molecule has 1 heterocycles. The molecule has 138 valence electrons. The van der Waals surface area contributed by atoms with Gasteiger partial charge in [0.15, 0.2) is 0 Å². The minimum Gasteiger partial charge on any atom is -0.376 e. The summed E-state index contributed by atoms with van der Waals surface area (Å²) in [5.41, 5.74) is 1.43. The predicted octanol–water partition coefficient (Wildman–Crippen LogP) is 2.03. The molecule has 2 aromatic rings. The van der Waals surface area contributed by atoms with E-state index in [1.165, 1.54) is 28.6 Å². The van der Waals surface area contributed by atoms with E-state index >= 15 is 0 Å². The van der Waals surface area contributed by atoms with Crippen LogP contribution in [0.15, 0.2) is 59.5 Å². The lowest BCUT2D eigenvalue weighted by Crippen LogP contribution is -2.44. The maximum absolute atomic E-state index is 12.7. The molecule has 6 nitrogen and oxygen atoms in total. The van der Waals surface area contributed by atoms with E-state index in [1.807, 2.05) is 37.3 Å².